The van der Waals surface area contributed by atoms with Crippen LogP contribution in [0.25, 0.3) is 0 Å². The molecule has 3 N–H and O–H groups in total. The number of aryl methyl sites for hydroxylation is 1. The van der Waals surface area contributed by atoms with Gasteiger partial charge in [-0.15, -0.1) is 0 Å². The smallest absolute Gasteiger partial charge is 0.246 e. The van der Waals surface area contributed by atoms with Crippen molar-refractivity contribution in [2.24, 2.45) is 0 Å². The van der Waals surface area contributed by atoms with Gasteiger partial charge >= 0.3 is 0 Å². The first kappa shape index (κ1) is 12.9. The Bertz CT molecular complexity index is 592. The van der Waals surface area contributed by atoms with Crippen LogP contribution in [0, 0.1) is 6.92 Å². The van der Waals surface area contributed by atoms with Gasteiger partial charge < -0.3 is 15.8 Å². The van der Waals surface area contributed by atoms with Crippen molar-refractivity contribution >= 4 is 17.4 Å². The highest BCUT2D eigenvalue weighted by atomic mass is 16.5. The highest BCUT2D eigenvalue weighted by molar-refractivity contribution is 5.92. The van der Waals surface area contributed by atoms with Gasteiger partial charge in [0.25, 0.3) is 0 Å². The minimum atomic E-state index is -0.188. The lowest BCUT2D eigenvalue weighted by Crippen LogP contribution is -2.19. The van der Waals surface area contributed by atoms with Gasteiger partial charge in [0.15, 0.2) is 0 Å². The summed E-state index contributed by atoms with van der Waals surface area (Å²) >= 11 is 0. The number of carbonyl (C=O) groups is 1. The van der Waals surface area contributed by atoms with Gasteiger partial charge in [-0.1, -0.05) is 6.07 Å². The van der Waals surface area contributed by atoms with Crippen LogP contribution in [0.2, 0.25) is 0 Å². The van der Waals surface area contributed by atoms with Crippen LogP contribution in [-0.2, 0) is 11.3 Å². The van der Waals surface area contributed by atoms with E-state index in [0.717, 1.165) is 5.56 Å². The zero-order valence-corrected chi connectivity index (χ0v) is 10.9. The standard InChI is InChI=1S/C13H16N4O2/c1-9-3-4-11(19-2)10(7-9)15-13(18)8-17-6-5-12(14)16-17/h3-7H,8H2,1-2H3,(H2,14,16)(H,15,18). The summed E-state index contributed by atoms with van der Waals surface area (Å²) < 4.78 is 6.68. The molecule has 1 aromatic heterocycles. The van der Waals surface area contributed by atoms with Crippen LogP contribution in [0.1, 0.15) is 5.56 Å². The largest absolute Gasteiger partial charge is 0.495 e. The van der Waals surface area contributed by atoms with Crippen molar-refractivity contribution in [1.29, 1.82) is 0 Å². The summed E-state index contributed by atoms with van der Waals surface area (Å²) in [6.07, 6.45) is 1.66. The third kappa shape index (κ3) is 3.25. The zero-order chi connectivity index (χ0) is 13.8. The van der Waals surface area contributed by atoms with Gasteiger partial charge in [0.2, 0.25) is 5.91 Å². The third-order valence-electron chi connectivity index (χ3n) is 2.60. The lowest BCUT2D eigenvalue weighted by Gasteiger charge is -2.11. The maximum atomic E-state index is 11.9. The van der Waals surface area contributed by atoms with E-state index in [1.165, 1.54) is 4.68 Å². The molecule has 0 radical (unpaired) electrons. The fourth-order valence-corrected chi connectivity index (χ4v) is 1.72. The number of aromatic nitrogens is 2. The molecule has 0 atom stereocenters. The second kappa shape index (κ2) is 5.43. The van der Waals surface area contributed by atoms with Crippen LogP contribution in [0.3, 0.4) is 0 Å². The molecule has 0 aliphatic carbocycles. The topological polar surface area (TPSA) is 82.2 Å². The minimum Gasteiger partial charge on any atom is -0.495 e. The maximum absolute atomic E-state index is 11.9. The van der Waals surface area contributed by atoms with Crippen LogP contribution >= 0.6 is 0 Å². The van der Waals surface area contributed by atoms with Gasteiger partial charge in [0.05, 0.1) is 12.8 Å². The molecule has 0 aliphatic heterocycles. The monoisotopic (exact) mass is 260 g/mol. The molecule has 6 heteroatoms. The molecule has 0 bridgehead atoms. The Kier molecular flexibility index (Phi) is 3.70. The number of anilines is 2. The molecule has 6 nitrogen and oxygen atoms in total. The Balaban J connectivity index is 2.08. The van der Waals surface area contributed by atoms with Crippen LogP contribution in [0.4, 0.5) is 11.5 Å². The second-order valence-electron chi connectivity index (χ2n) is 4.19. The lowest BCUT2D eigenvalue weighted by atomic mass is 10.2. The summed E-state index contributed by atoms with van der Waals surface area (Å²) in [6, 6.07) is 7.23. The molecule has 2 aromatic rings. The molecule has 0 unspecified atom stereocenters. The summed E-state index contributed by atoms with van der Waals surface area (Å²) in [5, 5.41) is 6.75. The van der Waals surface area contributed by atoms with E-state index in [1.807, 2.05) is 25.1 Å². The minimum absolute atomic E-state index is 0.105. The molecule has 0 saturated carbocycles. The average molecular weight is 260 g/mol. The highest BCUT2D eigenvalue weighted by Gasteiger charge is 2.09. The van der Waals surface area contributed by atoms with E-state index in [0.29, 0.717) is 17.3 Å². The van der Waals surface area contributed by atoms with E-state index in [4.69, 9.17) is 10.5 Å². The van der Waals surface area contributed by atoms with Crippen molar-refractivity contribution in [1.82, 2.24) is 9.78 Å². The molecule has 19 heavy (non-hydrogen) atoms. The number of methoxy groups -OCH3 is 1. The number of nitrogens with two attached hydrogens (primary N) is 1. The number of hydrogen-bond acceptors (Lipinski definition) is 4. The number of nitrogen functional groups attached to an aromatic ring is 1. The van der Waals surface area contributed by atoms with E-state index in [-0.39, 0.29) is 12.5 Å². The van der Waals surface area contributed by atoms with E-state index in [1.54, 1.807) is 19.4 Å². The fourth-order valence-electron chi connectivity index (χ4n) is 1.72. The maximum Gasteiger partial charge on any atom is 0.246 e. The number of carbonyl (C=O) groups excluding carboxylic acids is 1. The van der Waals surface area contributed by atoms with Gasteiger partial charge in [-0.25, -0.2) is 0 Å². The number of ether oxygens (including phenoxy) is 1. The molecule has 2 rings (SSSR count). The van der Waals surface area contributed by atoms with Crippen LogP contribution in [0.15, 0.2) is 30.5 Å². The Morgan fingerprint density at radius 1 is 1.47 bits per heavy atom. The van der Waals surface area contributed by atoms with Crippen molar-refractivity contribution < 1.29 is 9.53 Å². The van der Waals surface area contributed by atoms with E-state index in [9.17, 15) is 4.79 Å². The second-order valence-corrected chi connectivity index (χ2v) is 4.19. The molecular weight excluding hydrogens is 244 g/mol. The fraction of sp³-hybridized carbons (Fsp3) is 0.231. The Hall–Kier alpha value is -2.50. The van der Waals surface area contributed by atoms with Gasteiger partial charge in [0, 0.05) is 6.20 Å². The van der Waals surface area contributed by atoms with Gasteiger partial charge in [-0.3, -0.25) is 9.48 Å². The number of nitrogens with zero attached hydrogens (tertiary/aromatic N) is 2. The highest BCUT2D eigenvalue weighted by Crippen LogP contribution is 2.25. The van der Waals surface area contributed by atoms with Crippen molar-refractivity contribution in [2.75, 3.05) is 18.2 Å². The predicted octanol–water partition coefficient (Wildman–Crippen LogP) is 1.42. The number of rotatable bonds is 4. The zero-order valence-electron chi connectivity index (χ0n) is 10.9. The molecule has 0 spiro atoms. The van der Waals surface area contributed by atoms with Gasteiger partial charge in [-0.05, 0) is 30.7 Å². The average Bonchev–Trinajstić information content (AvgIpc) is 2.75. The normalized spacial score (nSPS) is 10.2. The first-order valence-electron chi connectivity index (χ1n) is 5.82. The van der Waals surface area contributed by atoms with Crippen molar-refractivity contribution in [3.05, 3.63) is 36.0 Å². The van der Waals surface area contributed by atoms with Gasteiger partial charge in [-0.2, -0.15) is 5.10 Å². The first-order valence-corrected chi connectivity index (χ1v) is 5.82. The van der Waals surface area contributed by atoms with Gasteiger partial charge in [0.1, 0.15) is 18.1 Å². The van der Waals surface area contributed by atoms with Crippen molar-refractivity contribution in [2.45, 2.75) is 13.5 Å². The summed E-state index contributed by atoms with van der Waals surface area (Å²) in [6.45, 7) is 2.05. The summed E-state index contributed by atoms with van der Waals surface area (Å²) in [7, 11) is 1.56. The van der Waals surface area contributed by atoms with Crippen LogP contribution < -0.4 is 15.8 Å². The van der Waals surface area contributed by atoms with Crippen LogP contribution in [-0.4, -0.2) is 22.8 Å². The molecule has 0 saturated heterocycles. The van der Waals surface area contributed by atoms with E-state index in [2.05, 4.69) is 10.4 Å². The Morgan fingerprint density at radius 3 is 2.89 bits per heavy atom. The third-order valence-corrected chi connectivity index (χ3v) is 2.60. The van der Waals surface area contributed by atoms with E-state index >= 15 is 0 Å². The van der Waals surface area contributed by atoms with Crippen LogP contribution in [0.5, 0.6) is 5.75 Å². The SMILES string of the molecule is COc1ccc(C)cc1NC(=O)Cn1ccc(N)n1. The Labute approximate surface area is 111 Å². The van der Waals surface area contributed by atoms with Crippen molar-refractivity contribution in [3.8, 4) is 5.75 Å². The summed E-state index contributed by atoms with van der Waals surface area (Å²) in [4.78, 5) is 11.9. The number of hydrogen-bond donors (Lipinski definition) is 2. The first-order chi connectivity index (χ1) is 9.08. The lowest BCUT2D eigenvalue weighted by molar-refractivity contribution is -0.116. The molecule has 1 heterocycles. The summed E-state index contributed by atoms with van der Waals surface area (Å²) in [5.41, 5.74) is 7.18. The Morgan fingerprint density at radius 2 is 2.26 bits per heavy atom. The quantitative estimate of drug-likeness (QED) is 0.871. The number of nitrogens with one attached hydrogen (secondary N) is 1. The molecule has 0 fully saturated rings. The molecular formula is C13H16N4O2. The van der Waals surface area contributed by atoms with E-state index < -0.39 is 0 Å². The molecule has 1 amide bonds. The predicted molar refractivity (Wildman–Crippen MR) is 73.0 cm³/mol. The molecule has 0 aliphatic rings. The molecule has 100 valence electrons. The van der Waals surface area contributed by atoms with Crippen molar-refractivity contribution in [3.63, 3.8) is 0 Å². The number of benzene rings is 1. The summed E-state index contributed by atoms with van der Waals surface area (Å²) in [5.74, 6) is 0.826. The molecule has 1 aromatic carbocycles. The number of amides is 1.